The minimum Gasteiger partial charge on any atom is -0.281 e. The van der Waals surface area contributed by atoms with Crippen molar-refractivity contribution >= 4 is 38.9 Å². The predicted octanol–water partition coefficient (Wildman–Crippen LogP) is 3.98. The summed E-state index contributed by atoms with van der Waals surface area (Å²) in [6.07, 6.45) is -4.71. The Labute approximate surface area is 125 Å². The fourth-order valence-corrected chi connectivity index (χ4v) is 3.48. The van der Waals surface area contributed by atoms with E-state index in [-0.39, 0.29) is 16.7 Å². The first-order valence-electron chi connectivity index (χ1n) is 5.49. The first kappa shape index (κ1) is 17.4. The Kier molecular flexibility index (Phi) is 5.57. The summed E-state index contributed by atoms with van der Waals surface area (Å²) in [5.74, 6) is -0.708. The Morgan fingerprint density at radius 2 is 1.95 bits per heavy atom. The molecule has 1 unspecified atom stereocenters. The third-order valence-corrected chi connectivity index (χ3v) is 4.71. The number of hydrogen-bond acceptors (Lipinski definition) is 2. The van der Waals surface area contributed by atoms with Gasteiger partial charge < -0.3 is 0 Å². The molecule has 0 spiro atoms. The molecule has 114 valence electrons. The van der Waals surface area contributed by atoms with Gasteiger partial charge in [-0.1, -0.05) is 24.6 Å². The molecule has 0 saturated heterocycles. The van der Waals surface area contributed by atoms with E-state index in [1.807, 2.05) is 4.72 Å². The maximum absolute atomic E-state index is 12.8. The summed E-state index contributed by atoms with van der Waals surface area (Å²) in [7, 11) is -3.97. The summed E-state index contributed by atoms with van der Waals surface area (Å²) >= 11 is 11.2. The highest BCUT2D eigenvalue weighted by molar-refractivity contribution is 7.92. The first-order valence-corrected chi connectivity index (χ1v) is 8.05. The number of alkyl halides is 4. The Morgan fingerprint density at radius 3 is 2.45 bits per heavy atom. The smallest absolute Gasteiger partial charge is 0.281 e. The van der Waals surface area contributed by atoms with Crippen molar-refractivity contribution in [3.05, 3.63) is 28.8 Å². The van der Waals surface area contributed by atoms with Gasteiger partial charge >= 0.3 is 6.18 Å². The first-order chi connectivity index (χ1) is 9.07. The van der Waals surface area contributed by atoms with Crippen molar-refractivity contribution in [3.8, 4) is 0 Å². The molecule has 1 aromatic rings. The molecule has 0 bridgehead atoms. The molecule has 0 aliphatic rings. The minimum absolute atomic E-state index is 0.0789. The van der Waals surface area contributed by atoms with Gasteiger partial charge in [-0.3, -0.25) is 4.72 Å². The van der Waals surface area contributed by atoms with Crippen LogP contribution in [0.5, 0.6) is 0 Å². The molecule has 3 nitrogen and oxygen atoms in total. The Bertz CT molecular complexity index is 576. The largest absolute Gasteiger partial charge is 0.418 e. The van der Waals surface area contributed by atoms with Crippen LogP contribution in [0.15, 0.2) is 18.2 Å². The van der Waals surface area contributed by atoms with E-state index in [9.17, 15) is 21.6 Å². The number of sulfonamides is 1. The van der Waals surface area contributed by atoms with Gasteiger partial charge in [-0.2, -0.15) is 13.2 Å². The maximum atomic E-state index is 12.8. The standard InChI is InChI=1S/C11H12Cl2F3NO2S/c1-7(5-12)6-20(18,19)17-10-8(11(14,15)16)3-2-4-9(10)13/h2-4,7,17H,5-6H2,1H3. The predicted molar refractivity (Wildman–Crippen MR) is 73.7 cm³/mol. The summed E-state index contributed by atoms with van der Waals surface area (Å²) in [5.41, 5.74) is -1.80. The van der Waals surface area contributed by atoms with E-state index in [2.05, 4.69) is 0 Å². The second-order valence-electron chi connectivity index (χ2n) is 4.30. The van der Waals surface area contributed by atoms with Gasteiger partial charge in [-0.05, 0) is 18.1 Å². The van der Waals surface area contributed by atoms with Crippen LogP contribution in [0.25, 0.3) is 0 Å². The SMILES string of the molecule is CC(CCl)CS(=O)(=O)Nc1c(Cl)cccc1C(F)(F)F. The van der Waals surface area contributed by atoms with Crippen LogP contribution in [-0.2, 0) is 16.2 Å². The summed E-state index contributed by atoms with van der Waals surface area (Å²) in [6, 6.07) is 3.04. The summed E-state index contributed by atoms with van der Waals surface area (Å²) in [6.45, 7) is 1.57. The molecular formula is C11H12Cl2F3NO2S. The van der Waals surface area contributed by atoms with Crippen LogP contribution in [0.2, 0.25) is 5.02 Å². The van der Waals surface area contributed by atoms with Gasteiger partial charge in [-0.15, -0.1) is 11.6 Å². The average molecular weight is 350 g/mol. The number of anilines is 1. The molecule has 0 aliphatic heterocycles. The molecule has 0 amide bonds. The summed E-state index contributed by atoms with van der Waals surface area (Å²) in [5, 5.41) is -0.318. The number of hydrogen-bond donors (Lipinski definition) is 1. The Morgan fingerprint density at radius 1 is 1.35 bits per heavy atom. The molecule has 1 aromatic carbocycles. The summed E-state index contributed by atoms with van der Waals surface area (Å²) in [4.78, 5) is 0. The topological polar surface area (TPSA) is 46.2 Å². The molecule has 1 rings (SSSR count). The van der Waals surface area contributed by atoms with Crippen LogP contribution in [0.3, 0.4) is 0 Å². The average Bonchev–Trinajstić information content (AvgIpc) is 2.29. The van der Waals surface area contributed by atoms with Crippen LogP contribution in [0.4, 0.5) is 18.9 Å². The monoisotopic (exact) mass is 349 g/mol. The van der Waals surface area contributed by atoms with E-state index in [1.165, 1.54) is 6.07 Å². The zero-order valence-corrected chi connectivity index (χ0v) is 12.7. The minimum atomic E-state index is -4.71. The van der Waals surface area contributed by atoms with E-state index in [0.29, 0.717) is 0 Å². The molecule has 1 atom stereocenters. The quantitative estimate of drug-likeness (QED) is 0.817. The van der Waals surface area contributed by atoms with Gasteiger partial charge in [-0.25, -0.2) is 8.42 Å². The van der Waals surface area contributed by atoms with E-state index < -0.39 is 33.4 Å². The van der Waals surface area contributed by atoms with E-state index in [1.54, 1.807) is 6.92 Å². The molecule has 0 fully saturated rings. The number of nitrogens with one attached hydrogen (secondary N) is 1. The highest BCUT2D eigenvalue weighted by Crippen LogP contribution is 2.38. The molecule has 0 saturated carbocycles. The van der Waals surface area contributed by atoms with E-state index in [4.69, 9.17) is 23.2 Å². The van der Waals surface area contributed by atoms with Crippen LogP contribution in [0.1, 0.15) is 12.5 Å². The van der Waals surface area contributed by atoms with Crippen molar-refractivity contribution in [2.45, 2.75) is 13.1 Å². The number of benzene rings is 1. The Hall–Kier alpha value is -0.660. The van der Waals surface area contributed by atoms with Gasteiger partial charge in [0.25, 0.3) is 0 Å². The van der Waals surface area contributed by atoms with Crippen molar-refractivity contribution < 1.29 is 21.6 Å². The molecule has 0 radical (unpaired) electrons. The van der Waals surface area contributed by atoms with Crippen molar-refractivity contribution in [1.29, 1.82) is 0 Å². The number of para-hydroxylation sites is 1. The van der Waals surface area contributed by atoms with Gasteiger partial charge in [0.05, 0.1) is 22.0 Å². The van der Waals surface area contributed by atoms with E-state index >= 15 is 0 Å². The highest BCUT2D eigenvalue weighted by atomic mass is 35.5. The van der Waals surface area contributed by atoms with Gasteiger partial charge in [0.1, 0.15) is 0 Å². The fraction of sp³-hybridized carbons (Fsp3) is 0.455. The third kappa shape index (κ3) is 4.71. The third-order valence-electron chi connectivity index (χ3n) is 2.34. The molecule has 0 aliphatic carbocycles. The zero-order valence-electron chi connectivity index (χ0n) is 10.3. The van der Waals surface area contributed by atoms with E-state index in [0.717, 1.165) is 12.1 Å². The zero-order chi connectivity index (χ0) is 15.6. The van der Waals surface area contributed by atoms with Crippen molar-refractivity contribution in [3.63, 3.8) is 0 Å². The van der Waals surface area contributed by atoms with Crippen LogP contribution in [-0.4, -0.2) is 20.1 Å². The number of halogens is 5. The van der Waals surface area contributed by atoms with Crippen molar-refractivity contribution in [2.24, 2.45) is 5.92 Å². The molecule has 0 aromatic heterocycles. The number of rotatable bonds is 5. The van der Waals surface area contributed by atoms with Crippen LogP contribution >= 0.6 is 23.2 Å². The highest BCUT2D eigenvalue weighted by Gasteiger charge is 2.35. The van der Waals surface area contributed by atoms with Crippen LogP contribution in [0, 0.1) is 5.92 Å². The fourth-order valence-electron chi connectivity index (χ4n) is 1.48. The normalized spacial score (nSPS) is 14.1. The molecule has 9 heteroatoms. The lowest BCUT2D eigenvalue weighted by molar-refractivity contribution is -0.136. The second kappa shape index (κ2) is 6.41. The van der Waals surface area contributed by atoms with Gasteiger partial charge in [0.2, 0.25) is 10.0 Å². The van der Waals surface area contributed by atoms with Gasteiger partial charge in [0.15, 0.2) is 0 Å². The molecule has 0 heterocycles. The lowest BCUT2D eigenvalue weighted by Crippen LogP contribution is -2.24. The molecule has 1 N–H and O–H groups in total. The lowest BCUT2D eigenvalue weighted by Gasteiger charge is -2.17. The summed E-state index contributed by atoms with van der Waals surface area (Å²) < 4.78 is 64.0. The van der Waals surface area contributed by atoms with Crippen molar-refractivity contribution in [2.75, 3.05) is 16.4 Å². The van der Waals surface area contributed by atoms with Crippen LogP contribution < -0.4 is 4.72 Å². The maximum Gasteiger partial charge on any atom is 0.418 e. The second-order valence-corrected chi connectivity index (χ2v) is 6.79. The Balaban J connectivity index is 3.15. The molecule has 20 heavy (non-hydrogen) atoms. The van der Waals surface area contributed by atoms with Gasteiger partial charge in [0, 0.05) is 5.88 Å². The molecular weight excluding hydrogens is 338 g/mol. The van der Waals surface area contributed by atoms with Crippen molar-refractivity contribution in [1.82, 2.24) is 0 Å². The lowest BCUT2D eigenvalue weighted by atomic mass is 10.2.